The molecule has 0 heterocycles. The van der Waals surface area contributed by atoms with E-state index in [-0.39, 0.29) is 0 Å². The van der Waals surface area contributed by atoms with E-state index < -0.39 is 0 Å². The molecule has 0 saturated carbocycles. The second-order valence-corrected chi connectivity index (χ2v) is 2.57. The highest BCUT2D eigenvalue weighted by molar-refractivity contribution is 5.48. The van der Waals surface area contributed by atoms with Gasteiger partial charge in [-0.3, -0.25) is 0 Å². The fourth-order valence-electron chi connectivity index (χ4n) is 0.678. The molecule has 0 aromatic carbocycles. The van der Waals surface area contributed by atoms with Crippen LogP contribution >= 0.6 is 0 Å². The highest BCUT2D eigenvalue weighted by Gasteiger charge is 1.94. The normalized spacial score (nSPS) is 13.0. The number of carbonyl (C=O) groups is 1. The van der Waals surface area contributed by atoms with Crippen molar-refractivity contribution < 1.29 is 4.79 Å². The predicted octanol–water partition coefficient (Wildman–Crippen LogP) is 1.35. The van der Waals surface area contributed by atoms with Crippen LogP contribution in [0.15, 0.2) is 0 Å². The number of hydrogen-bond donors (Lipinski definition) is 1. The lowest BCUT2D eigenvalue weighted by molar-refractivity contribution is -0.107. The number of unbranched alkanes of at least 4 members (excludes halogenated alkanes) is 1. The average molecular weight is 143 g/mol. The van der Waals surface area contributed by atoms with E-state index in [2.05, 4.69) is 19.2 Å². The Balaban J connectivity index is 2.95. The molecule has 60 valence electrons. The van der Waals surface area contributed by atoms with Crippen molar-refractivity contribution in [1.82, 2.24) is 5.32 Å². The van der Waals surface area contributed by atoms with Gasteiger partial charge in [-0.1, -0.05) is 6.92 Å². The van der Waals surface area contributed by atoms with Gasteiger partial charge in [0, 0.05) is 12.5 Å². The number of hydrogen-bond acceptors (Lipinski definition) is 2. The molecule has 0 saturated heterocycles. The van der Waals surface area contributed by atoms with Gasteiger partial charge in [-0.05, 0) is 26.3 Å². The minimum atomic E-state index is 0.589. The summed E-state index contributed by atoms with van der Waals surface area (Å²) in [5, 5.41) is 3.31. The lowest BCUT2D eigenvalue weighted by atomic mass is 10.2. The molecular formula is C8H17NO. The minimum Gasteiger partial charge on any atom is -0.314 e. The lowest BCUT2D eigenvalue weighted by Crippen LogP contribution is -2.25. The largest absolute Gasteiger partial charge is 0.314 e. The van der Waals surface area contributed by atoms with Gasteiger partial charge in [0.2, 0.25) is 0 Å². The zero-order chi connectivity index (χ0) is 7.82. The van der Waals surface area contributed by atoms with Crippen LogP contribution in [-0.4, -0.2) is 18.9 Å². The molecule has 0 amide bonds. The Kier molecular flexibility index (Phi) is 6.50. The van der Waals surface area contributed by atoms with Crippen LogP contribution in [0.4, 0.5) is 0 Å². The highest BCUT2D eigenvalue weighted by atomic mass is 16.1. The van der Waals surface area contributed by atoms with Crippen molar-refractivity contribution in [2.24, 2.45) is 0 Å². The molecule has 0 rings (SSSR count). The first-order chi connectivity index (χ1) is 4.81. The molecule has 0 fully saturated rings. The second kappa shape index (κ2) is 6.75. The van der Waals surface area contributed by atoms with Crippen molar-refractivity contribution in [3.63, 3.8) is 0 Å². The van der Waals surface area contributed by atoms with Gasteiger partial charge >= 0.3 is 0 Å². The summed E-state index contributed by atoms with van der Waals surface area (Å²) in [7, 11) is 0. The third kappa shape index (κ3) is 5.76. The Hall–Kier alpha value is -0.370. The molecule has 0 aliphatic rings. The van der Waals surface area contributed by atoms with Crippen LogP contribution in [0.1, 0.15) is 33.1 Å². The molecule has 1 atom stereocenters. The maximum atomic E-state index is 9.89. The molecule has 10 heavy (non-hydrogen) atoms. The first kappa shape index (κ1) is 9.63. The van der Waals surface area contributed by atoms with Crippen LogP contribution in [0.3, 0.4) is 0 Å². The summed E-state index contributed by atoms with van der Waals surface area (Å²) in [5.41, 5.74) is 0. The molecule has 0 aromatic rings. The minimum absolute atomic E-state index is 0.589. The monoisotopic (exact) mass is 143 g/mol. The fourth-order valence-corrected chi connectivity index (χ4v) is 0.678. The fraction of sp³-hybridized carbons (Fsp3) is 0.875. The van der Waals surface area contributed by atoms with Crippen LogP contribution in [0.2, 0.25) is 0 Å². The van der Waals surface area contributed by atoms with E-state index in [9.17, 15) is 4.79 Å². The number of nitrogens with one attached hydrogen (secondary N) is 1. The second-order valence-electron chi connectivity index (χ2n) is 2.57. The summed E-state index contributed by atoms with van der Waals surface area (Å²) in [6, 6.07) is 0.589. The van der Waals surface area contributed by atoms with E-state index in [4.69, 9.17) is 0 Å². The predicted molar refractivity (Wildman–Crippen MR) is 43.1 cm³/mol. The number of aldehydes is 1. The molecule has 0 bridgehead atoms. The average Bonchev–Trinajstić information content (AvgIpc) is 1.98. The van der Waals surface area contributed by atoms with E-state index in [1.165, 1.54) is 0 Å². The molecule has 1 N–H and O–H groups in total. The molecule has 0 radical (unpaired) electrons. The van der Waals surface area contributed by atoms with Gasteiger partial charge in [-0.15, -0.1) is 0 Å². The maximum Gasteiger partial charge on any atom is 0.120 e. The van der Waals surface area contributed by atoms with Crippen molar-refractivity contribution in [3.8, 4) is 0 Å². The van der Waals surface area contributed by atoms with E-state index >= 15 is 0 Å². The number of rotatable bonds is 6. The van der Waals surface area contributed by atoms with Gasteiger partial charge in [-0.25, -0.2) is 0 Å². The molecule has 0 aliphatic carbocycles. The molecule has 0 aliphatic heterocycles. The molecule has 2 heteroatoms. The summed E-state index contributed by atoms with van der Waals surface area (Å²) >= 11 is 0. The molecular weight excluding hydrogens is 126 g/mol. The molecule has 0 aromatic heterocycles. The van der Waals surface area contributed by atoms with Crippen molar-refractivity contribution >= 4 is 6.29 Å². The molecule has 0 spiro atoms. The maximum absolute atomic E-state index is 9.89. The lowest BCUT2D eigenvalue weighted by Gasteiger charge is -2.09. The Labute approximate surface area is 63.0 Å². The standard InChI is InChI=1S/C8H17NO/c1-3-8(2)9-6-4-5-7-10/h7-9H,3-6H2,1-2H3/t8-/m0/s1. The first-order valence-corrected chi connectivity index (χ1v) is 3.98. The summed E-state index contributed by atoms with van der Waals surface area (Å²) in [6.07, 6.45) is 3.77. The quantitative estimate of drug-likeness (QED) is 0.449. The van der Waals surface area contributed by atoms with E-state index in [1.807, 2.05) is 0 Å². The Morgan fingerprint density at radius 2 is 2.30 bits per heavy atom. The summed E-state index contributed by atoms with van der Waals surface area (Å²) in [6.45, 7) is 5.27. The van der Waals surface area contributed by atoms with Crippen molar-refractivity contribution in [3.05, 3.63) is 0 Å². The third-order valence-corrected chi connectivity index (χ3v) is 1.60. The topological polar surface area (TPSA) is 29.1 Å². The van der Waals surface area contributed by atoms with Crippen LogP contribution in [0.5, 0.6) is 0 Å². The zero-order valence-corrected chi connectivity index (χ0v) is 6.89. The molecule has 2 nitrogen and oxygen atoms in total. The zero-order valence-electron chi connectivity index (χ0n) is 6.89. The Bertz CT molecular complexity index is 83.3. The Morgan fingerprint density at radius 1 is 1.60 bits per heavy atom. The van der Waals surface area contributed by atoms with Crippen molar-refractivity contribution in [2.75, 3.05) is 6.54 Å². The van der Waals surface area contributed by atoms with Crippen LogP contribution in [0, 0.1) is 0 Å². The van der Waals surface area contributed by atoms with Crippen LogP contribution < -0.4 is 5.32 Å². The van der Waals surface area contributed by atoms with Gasteiger partial charge in [0.15, 0.2) is 0 Å². The third-order valence-electron chi connectivity index (χ3n) is 1.60. The highest BCUT2D eigenvalue weighted by Crippen LogP contribution is 1.88. The van der Waals surface area contributed by atoms with Crippen LogP contribution in [-0.2, 0) is 4.79 Å². The number of carbonyl (C=O) groups excluding carboxylic acids is 1. The van der Waals surface area contributed by atoms with E-state index in [0.29, 0.717) is 12.5 Å². The Morgan fingerprint density at radius 3 is 2.80 bits per heavy atom. The summed E-state index contributed by atoms with van der Waals surface area (Å²) < 4.78 is 0. The van der Waals surface area contributed by atoms with Gasteiger partial charge in [0.05, 0.1) is 0 Å². The van der Waals surface area contributed by atoms with Crippen molar-refractivity contribution in [1.29, 1.82) is 0 Å². The van der Waals surface area contributed by atoms with E-state index in [0.717, 1.165) is 25.7 Å². The van der Waals surface area contributed by atoms with Crippen molar-refractivity contribution in [2.45, 2.75) is 39.2 Å². The summed E-state index contributed by atoms with van der Waals surface area (Å²) in [4.78, 5) is 9.89. The van der Waals surface area contributed by atoms with E-state index in [1.54, 1.807) is 0 Å². The van der Waals surface area contributed by atoms with Gasteiger partial charge in [0.25, 0.3) is 0 Å². The van der Waals surface area contributed by atoms with Gasteiger partial charge < -0.3 is 10.1 Å². The first-order valence-electron chi connectivity index (χ1n) is 3.98. The smallest absolute Gasteiger partial charge is 0.120 e. The van der Waals surface area contributed by atoms with Gasteiger partial charge in [0.1, 0.15) is 6.29 Å². The SMILES string of the molecule is CC[C@H](C)NCCCC=O. The van der Waals surface area contributed by atoms with Crippen LogP contribution in [0.25, 0.3) is 0 Å². The van der Waals surface area contributed by atoms with Gasteiger partial charge in [-0.2, -0.15) is 0 Å². The summed E-state index contributed by atoms with van der Waals surface area (Å²) in [5.74, 6) is 0. The molecule has 0 unspecified atom stereocenters.